The van der Waals surface area contributed by atoms with Crippen LogP contribution in [0.2, 0.25) is 0 Å². The number of H-pyrrole nitrogens is 1. The second-order valence-corrected chi connectivity index (χ2v) is 9.26. The Bertz CT molecular complexity index is 1670. The molecule has 8 heteroatoms. The number of ether oxygens (including phenoxy) is 2. The van der Waals surface area contributed by atoms with Gasteiger partial charge in [-0.25, -0.2) is 9.79 Å². The van der Waals surface area contributed by atoms with Crippen molar-refractivity contribution in [2.75, 3.05) is 13.7 Å². The van der Waals surface area contributed by atoms with E-state index in [0.717, 1.165) is 22.2 Å². The fourth-order valence-corrected chi connectivity index (χ4v) is 5.62. The molecule has 0 bridgehead atoms. The summed E-state index contributed by atoms with van der Waals surface area (Å²) in [5.74, 6) is 0.0856. The monoisotopic (exact) mass is 487 g/mol. The minimum absolute atomic E-state index is 0.219. The number of hydrogen-bond donors (Lipinski definition) is 1. The summed E-state index contributed by atoms with van der Waals surface area (Å²) in [4.78, 5) is 35.5. The summed E-state index contributed by atoms with van der Waals surface area (Å²) < 4.78 is 13.1. The molecule has 0 fully saturated rings. The number of hydrogen-bond acceptors (Lipinski definition) is 6. The van der Waals surface area contributed by atoms with Crippen molar-refractivity contribution in [2.24, 2.45) is 4.99 Å². The van der Waals surface area contributed by atoms with Crippen LogP contribution in [0.25, 0.3) is 17.0 Å². The molecule has 0 amide bonds. The molecule has 0 radical (unpaired) electrons. The maximum absolute atomic E-state index is 13.9. The Labute approximate surface area is 205 Å². The number of aromatic amines is 1. The summed E-state index contributed by atoms with van der Waals surface area (Å²) in [6, 6.07) is 14.7. The van der Waals surface area contributed by atoms with Gasteiger partial charge in [0, 0.05) is 27.7 Å². The molecule has 3 heterocycles. The molecule has 0 aliphatic carbocycles. The van der Waals surface area contributed by atoms with E-state index >= 15 is 0 Å². The van der Waals surface area contributed by atoms with Gasteiger partial charge in [-0.1, -0.05) is 47.7 Å². The van der Waals surface area contributed by atoms with Crippen molar-refractivity contribution in [3.05, 3.63) is 96.3 Å². The molecule has 0 spiro atoms. The van der Waals surface area contributed by atoms with Crippen molar-refractivity contribution < 1.29 is 14.3 Å². The van der Waals surface area contributed by atoms with Crippen LogP contribution in [0.15, 0.2) is 69.6 Å². The summed E-state index contributed by atoms with van der Waals surface area (Å²) in [7, 11) is 1.57. The Kier molecular flexibility index (Phi) is 5.90. The third kappa shape index (κ3) is 3.80. The fraction of sp³-hybridized carbons (Fsp3) is 0.222. The van der Waals surface area contributed by atoms with Gasteiger partial charge in [0.25, 0.3) is 5.56 Å². The highest BCUT2D eigenvalue weighted by molar-refractivity contribution is 7.07. The molecule has 1 aliphatic heterocycles. The minimum Gasteiger partial charge on any atom is -0.496 e. The van der Waals surface area contributed by atoms with Gasteiger partial charge in [0.05, 0.1) is 29.5 Å². The molecule has 178 valence electrons. The van der Waals surface area contributed by atoms with Crippen molar-refractivity contribution in [1.82, 2.24) is 9.55 Å². The van der Waals surface area contributed by atoms with Crippen molar-refractivity contribution in [1.29, 1.82) is 0 Å². The van der Waals surface area contributed by atoms with Gasteiger partial charge in [0.2, 0.25) is 0 Å². The lowest BCUT2D eigenvalue weighted by Gasteiger charge is -2.25. The van der Waals surface area contributed by atoms with Crippen LogP contribution in [0.5, 0.6) is 5.75 Å². The zero-order valence-corrected chi connectivity index (χ0v) is 20.7. The normalized spacial score (nSPS) is 15.8. The molecule has 0 saturated heterocycles. The molecule has 5 rings (SSSR count). The van der Waals surface area contributed by atoms with Crippen LogP contribution in [0.3, 0.4) is 0 Å². The average molecular weight is 488 g/mol. The van der Waals surface area contributed by atoms with E-state index in [2.05, 4.69) is 9.98 Å². The van der Waals surface area contributed by atoms with Gasteiger partial charge >= 0.3 is 5.97 Å². The van der Waals surface area contributed by atoms with E-state index < -0.39 is 12.0 Å². The zero-order valence-electron chi connectivity index (χ0n) is 19.9. The van der Waals surface area contributed by atoms with Gasteiger partial charge in [-0.2, -0.15) is 0 Å². The predicted molar refractivity (Wildman–Crippen MR) is 136 cm³/mol. The van der Waals surface area contributed by atoms with Crippen molar-refractivity contribution >= 4 is 34.3 Å². The highest BCUT2D eigenvalue weighted by Gasteiger charge is 2.35. The standard InChI is InChI=1S/C27H25N3O4S/c1-5-34-26(32)23-16(3)29-27-30(24(23)18-11-7-9-13-21(18)33-4)25(31)22(35-27)14-19-15(2)28-20-12-8-6-10-17(19)20/h6-14,24,28H,5H2,1-4H3/b22-14+. The van der Waals surface area contributed by atoms with E-state index in [1.54, 1.807) is 25.5 Å². The van der Waals surface area contributed by atoms with E-state index in [0.29, 0.717) is 31.9 Å². The molecule has 2 aromatic heterocycles. The molecular formula is C27H25N3O4S. The highest BCUT2D eigenvalue weighted by Crippen LogP contribution is 2.35. The lowest BCUT2D eigenvalue weighted by molar-refractivity contribution is -0.139. The lowest BCUT2D eigenvalue weighted by atomic mass is 9.95. The number of nitrogens with zero attached hydrogens (tertiary/aromatic N) is 2. The number of nitrogens with one attached hydrogen (secondary N) is 1. The van der Waals surface area contributed by atoms with Crippen LogP contribution in [-0.4, -0.2) is 29.2 Å². The zero-order chi connectivity index (χ0) is 24.7. The Morgan fingerprint density at radius 1 is 1.17 bits per heavy atom. The summed E-state index contributed by atoms with van der Waals surface area (Å²) in [6.45, 7) is 5.74. The van der Waals surface area contributed by atoms with E-state index in [1.165, 1.54) is 11.3 Å². The second kappa shape index (κ2) is 9.03. The number of esters is 1. The maximum Gasteiger partial charge on any atom is 0.338 e. The smallest absolute Gasteiger partial charge is 0.338 e. The molecule has 1 N–H and O–H groups in total. The molecule has 1 atom stereocenters. The number of thiazole rings is 1. The van der Waals surface area contributed by atoms with Crippen LogP contribution >= 0.6 is 11.3 Å². The maximum atomic E-state index is 13.9. The number of fused-ring (bicyclic) bond motifs is 2. The number of methoxy groups -OCH3 is 1. The van der Waals surface area contributed by atoms with Crippen molar-refractivity contribution in [3.8, 4) is 5.75 Å². The number of carbonyl (C=O) groups excluding carboxylic acids is 1. The number of benzene rings is 2. The summed E-state index contributed by atoms with van der Waals surface area (Å²) in [5, 5.41) is 1.04. The summed E-state index contributed by atoms with van der Waals surface area (Å²) in [6.07, 6.45) is 1.90. The molecule has 1 aliphatic rings. The van der Waals surface area contributed by atoms with Gasteiger partial charge in [0.15, 0.2) is 4.80 Å². The first-order chi connectivity index (χ1) is 16.9. The lowest BCUT2D eigenvalue weighted by Crippen LogP contribution is -2.40. The Morgan fingerprint density at radius 3 is 2.69 bits per heavy atom. The van der Waals surface area contributed by atoms with Crippen molar-refractivity contribution in [2.45, 2.75) is 26.8 Å². The Balaban J connectivity index is 1.79. The summed E-state index contributed by atoms with van der Waals surface area (Å²) in [5.41, 5.74) is 4.28. The molecular weight excluding hydrogens is 462 g/mol. The number of aryl methyl sites for hydroxylation is 1. The van der Waals surface area contributed by atoms with Crippen LogP contribution in [0.1, 0.15) is 36.7 Å². The van der Waals surface area contributed by atoms with Gasteiger partial charge in [0.1, 0.15) is 11.8 Å². The van der Waals surface area contributed by atoms with Gasteiger partial charge in [-0.05, 0) is 39.0 Å². The second-order valence-electron chi connectivity index (χ2n) is 8.25. The minimum atomic E-state index is -0.715. The number of para-hydroxylation sites is 2. The summed E-state index contributed by atoms with van der Waals surface area (Å²) >= 11 is 1.31. The first-order valence-electron chi connectivity index (χ1n) is 11.3. The molecule has 7 nitrogen and oxygen atoms in total. The number of aromatic nitrogens is 2. The Hall–Kier alpha value is -3.91. The van der Waals surface area contributed by atoms with Crippen LogP contribution in [0, 0.1) is 6.92 Å². The van der Waals surface area contributed by atoms with E-state index in [-0.39, 0.29) is 12.2 Å². The molecule has 2 aromatic carbocycles. The third-order valence-corrected chi connectivity index (χ3v) is 7.15. The number of allylic oxidation sites excluding steroid dienone is 1. The number of rotatable bonds is 5. The molecule has 0 saturated carbocycles. The van der Waals surface area contributed by atoms with Crippen LogP contribution < -0.4 is 19.6 Å². The molecule has 1 unspecified atom stereocenters. The first kappa shape index (κ1) is 22.9. The van der Waals surface area contributed by atoms with Gasteiger partial charge < -0.3 is 14.5 Å². The average Bonchev–Trinajstić information content (AvgIpc) is 3.34. The largest absolute Gasteiger partial charge is 0.496 e. The molecule has 4 aromatic rings. The fourth-order valence-electron chi connectivity index (χ4n) is 4.59. The van der Waals surface area contributed by atoms with E-state index in [4.69, 9.17) is 9.47 Å². The van der Waals surface area contributed by atoms with Crippen LogP contribution in [0.4, 0.5) is 0 Å². The van der Waals surface area contributed by atoms with Crippen molar-refractivity contribution in [3.63, 3.8) is 0 Å². The third-order valence-electron chi connectivity index (χ3n) is 6.17. The van der Waals surface area contributed by atoms with Gasteiger partial charge in [-0.15, -0.1) is 0 Å². The van der Waals surface area contributed by atoms with E-state index in [9.17, 15) is 9.59 Å². The van der Waals surface area contributed by atoms with Crippen LogP contribution in [-0.2, 0) is 9.53 Å². The topological polar surface area (TPSA) is 85.7 Å². The first-order valence-corrected chi connectivity index (χ1v) is 12.2. The SMILES string of the molecule is CCOC(=O)C1=C(C)N=c2s/c(=C/c3c(C)[nH]c4ccccc34)c(=O)n2C1c1ccccc1OC. The Morgan fingerprint density at radius 2 is 1.91 bits per heavy atom. The predicted octanol–water partition coefficient (Wildman–Crippen LogP) is 3.60. The number of carbonyl (C=O) groups is 1. The highest BCUT2D eigenvalue weighted by atomic mass is 32.1. The molecule has 35 heavy (non-hydrogen) atoms. The van der Waals surface area contributed by atoms with Gasteiger partial charge in [-0.3, -0.25) is 9.36 Å². The van der Waals surface area contributed by atoms with E-state index in [1.807, 2.05) is 61.5 Å². The quantitative estimate of drug-likeness (QED) is 0.436.